The van der Waals surface area contributed by atoms with E-state index in [0.29, 0.717) is 33.3 Å². The van der Waals surface area contributed by atoms with E-state index in [2.05, 4.69) is 16.0 Å². The van der Waals surface area contributed by atoms with Crippen molar-refractivity contribution in [1.82, 2.24) is 10.6 Å². The Balaban J connectivity index is 1.33. The van der Waals surface area contributed by atoms with Gasteiger partial charge < -0.3 is 30.3 Å². The summed E-state index contributed by atoms with van der Waals surface area (Å²) in [7, 11) is 0. The van der Waals surface area contributed by atoms with Gasteiger partial charge in [0.2, 0.25) is 5.91 Å². The van der Waals surface area contributed by atoms with Crippen LogP contribution >= 0.6 is 22.9 Å². The Morgan fingerprint density at radius 3 is 2.51 bits per heavy atom. The molecule has 2 aliphatic carbocycles. The highest BCUT2D eigenvalue weighted by Gasteiger charge is 2.43. The molecule has 39 heavy (non-hydrogen) atoms. The third kappa shape index (κ3) is 7.24. The lowest BCUT2D eigenvalue weighted by atomic mass is 10.1. The van der Waals surface area contributed by atoms with Crippen LogP contribution in [0, 0.1) is 11.8 Å². The molecule has 0 radical (unpaired) electrons. The summed E-state index contributed by atoms with van der Waals surface area (Å²) >= 11 is 7.08. The Bertz CT molecular complexity index is 1210. The lowest BCUT2D eigenvalue weighted by Gasteiger charge is -2.28. The van der Waals surface area contributed by atoms with E-state index in [-0.39, 0.29) is 49.0 Å². The predicted octanol–water partition coefficient (Wildman–Crippen LogP) is 3.88. The first-order valence-electron chi connectivity index (χ1n) is 12.9. The molecule has 1 atom stereocenters. The first-order chi connectivity index (χ1) is 18.8. The maximum absolute atomic E-state index is 13.5. The van der Waals surface area contributed by atoms with E-state index in [4.69, 9.17) is 21.1 Å². The zero-order chi connectivity index (χ0) is 27.5. The maximum Gasteiger partial charge on any atom is 0.387 e. The number of ether oxygens (including phenoxy) is 2. The van der Waals surface area contributed by atoms with Crippen LogP contribution in [-0.2, 0) is 14.3 Å². The molecule has 0 bridgehead atoms. The van der Waals surface area contributed by atoms with Crippen molar-refractivity contribution in [1.29, 1.82) is 0 Å². The molecule has 2 aromatic rings. The van der Waals surface area contributed by atoms with Crippen molar-refractivity contribution in [2.45, 2.75) is 44.4 Å². The molecule has 5 rings (SSSR count). The molecule has 2 heterocycles. The van der Waals surface area contributed by atoms with Crippen molar-refractivity contribution < 1.29 is 32.6 Å². The molecule has 9 nitrogen and oxygen atoms in total. The van der Waals surface area contributed by atoms with Crippen LogP contribution in [0.1, 0.15) is 35.4 Å². The molecule has 3 amide bonds. The van der Waals surface area contributed by atoms with E-state index in [1.165, 1.54) is 17.0 Å². The number of alkyl halides is 2. The quantitative estimate of drug-likeness (QED) is 0.350. The van der Waals surface area contributed by atoms with Crippen molar-refractivity contribution in [2.75, 3.05) is 36.5 Å². The van der Waals surface area contributed by atoms with E-state index < -0.39 is 18.6 Å². The van der Waals surface area contributed by atoms with Gasteiger partial charge in [-0.15, -0.1) is 11.3 Å². The fraction of sp³-hybridized carbons (Fsp3) is 0.500. The van der Waals surface area contributed by atoms with Crippen molar-refractivity contribution in [3.8, 4) is 5.75 Å². The Morgan fingerprint density at radius 1 is 1.15 bits per heavy atom. The van der Waals surface area contributed by atoms with E-state index in [9.17, 15) is 23.2 Å². The van der Waals surface area contributed by atoms with Gasteiger partial charge in [-0.3, -0.25) is 14.4 Å². The number of halogens is 3. The molecular weight excluding hydrogens is 554 g/mol. The van der Waals surface area contributed by atoms with Gasteiger partial charge in [0.25, 0.3) is 11.8 Å². The van der Waals surface area contributed by atoms with Crippen molar-refractivity contribution in [2.24, 2.45) is 11.8 Å². The summed E-state index contributed by atoms with van der Waals surface area (Å²) in [6, 6.07) is 6.83. The number of anilines is 2. The Kier molecular flexibility index (Phi) is 8.65. The average molecular weight is 583 g/mol. The number of nitrogens with one attached hydrogen (secondary N) is 3. The minimum Gasteiger partial charge on any atom is -0.433 e. The van der Waals surface area contributed by atoms with Crippen molar-refractivity contribution >= 4 is 52.0 Å². The van der Waals surface area contributed by atoms with Crippen LogP contribution in [0.4, 0.5) is 20.2 Å². The van der Waals surface area contributed by atoms with Crippen LogP contribution in [-0.4, -0.2) is 62.7 Å². The smallest absolute Gasteiger partial charge is 0.387 e. The summed E-state index contributed by atoms with van der Waals surface area (Å²) in [5, 5.41) is 8.91. The Labute approximate surface area is 233 Å². The summed E-state index contributed by atoms with van der Waals surface area (Å²) in [5.74, 6) is -0.487. The van der Waals surface area contributed by atoms with E-state index >= 15 is 0 Å². The van der Waals surface area contributed by atoms with Crippen LogP contribution in [0.3, 0.4) is 0 Å². The fourth-order valence-corrected chi connectivity index (χ4v) is 5.69. The number of benzene rings is 1. The molecular formula is C26H29ClF2N4O5S. The van der Waals surface area contributed by atoms with Gasteiger partial charge in [-0.25, -0.2) is 0 Å². The predicted molar refractivity (Wildman–Crippen MR) is 143 cm³/mol. The highest BCUT2D eigenvalue weighted by Crippen LogP contribution is 2.44. The highest BCUT2D eigenvalue weighted by atomic mass is 35.5. The SMILES string of the molecule is O=C(NC[C@H](NC(C1CC1)C1CC1)C(=O)Nc1ccc(N2CCOCC2=O)cc1OC(F)F)c1ccc(Cl)s1. The van der Waals surface area contributed by atoms with Gasteiger partial charge in [0.1, 0.15) is 12.6 Å². The zero-order valence-electron chi connectivity index (χ0n) is 21.0. The molecule has 1 aliphatic heterocycles. The third-order valence-corrected chi connectivity index (χ3v) is 8.20. The first-order valence-corrected chi connectivity index (χ1v) is 14.1. The lowest BCUT2D eigenvalue weighted by Crippen LogP contribution is -2.53. The van der Waals surface area contributed by atoms with Gasteiger partial charge in [0.05, 0.1) is 21.5 Å². The van der Waals surface area contributed by atoms with Gasteiger partial charge in [0.15, 0.2) is 5.75 Å². The molecule has 3 fully saturated rings. The number of rotatable bonds is 12. The van der Waals surface area contributed by atoms with Crippen LogP contribution in [0.25, 0.3) is 0 Å². The molecule has 3 aliphatic rings. The van der Waals surface area contributed by atoms with Crippen molar-refractivity contribution in [3.05, 3.63) is 39.5 Å². The summed E-state index contributed by atoms with van der Waals surface area (Å²) in [6.45, 7) is -2.68. The van der Waals surface area contributed by atoms with Crippen LogP contribution < -0.4 is 25.6 Å². The molecule has 1 saturated heterocycles. The molecule has 1 aromatic carbocycles. The number of nitrogens with zero attached hydrogens (tertiary/aromatic N) is 1. The first kappa shape index (κ1) is 27.8. The third-order valence-electron chi connectivity index (χ3n) is 6.97. The van der Waals surface area contributed by atoms with Gasteiger partial charge >= 0.3 is 6.61 Å². The minimum atomic E-state index is -3.14. The van der Waals surface area contributed by atoms with E-state index in [0.717, 1.165) is 37.0 Å². The second kappa shape index (κ2) is 12.2. The van der Waals surface area contributed by atoms with E-state index in [1.807, 2.05) is 0 Å². The van der Waals surface area contributed by atoms with Crippen LogP contribution in [0.2, 0.25) is 4.34 Å². The summed E-state index contributed by atoms with van der Waals surface area (Å²) in [4.78, 5) is 40.2. The molecule has 3 N–H and O–H groups in total. The molecule has 0 unspecified atom stereocenters. The van der Waals surface area contributed by atoms with Crippen LogP contribution in [0.5, 0.6) is 5.75 Å². The number of morpholine rings is 1. The number of hydrogen-bond donors (Lipinski definition) is 3. The minimum absolute atomic E-state index is 0.0124. The van der Waals surface area contributed by atoms with Gasteiger partial charge in [-0.05, 0) is 61.8 Å². The normalized spacial score (nSPS) is 18.4. The second-order valence-electron chi connectivity index (χ2n) is 9.88. The molecule has 1 aromatic heterocycles. The highest BCUT2D eigenvalue weighted by molar-refractivity contribution is 7.18. The zero-order valence-corrected chi connectivity index (χ0v) is 22.5. The summed E-state index contributed by atoms with van der Waals surface area (Å²) < 4.78 is 36.9. The molecule has 0 spiro atoms. The van der Waals surface area contributed by atoms with E-state index in [1.54, 1.807) is 18.2 Å². The largest absolute Gasteiger partial charge is 0.433 e. The van der Waals surface area contributed by atoms with Gasteiger partial charge in [-0.1, -0.05) is 11.6 Å². The number of hydrogen-bond acceptors (Lipinski definition) is 7. The van der Waals surface area contributed by atoms with Gasteiger partial charge in [-0.2, -0.15) is 8.78 Å². The van der Waals surface area contributed by atoms with Crippen LogP contribution in [0.15, 0.2) is 30.3 Å². The van der Waals surface area contributed by atoms with Gasteiger partial charge in [0, 0.05) is 30.9 Å². The maximum atomic E-state index is 13.5. The number of amides is 3. The molecule has 210 valence electrons. The monoisotopic (exact) mass is 582 g/mol. The standard InChI is InChI=1S/C26H29ClF2N4O5S/c27-21-8-7-20(39-21)25(36)30-12-18(31-23(14-1-2-14)15-3-4-15)24(35)32-17-6-5-16(11-19(17)38-26(28)29)33-9-10-37-13-22(33)34/h5-8,11,14-15,18,23,26,31H,1-4,9-10,12-13H2,(H,30,36)(H,32,35)/t18-/m0/s1. The summed E-state index contributed by atoms with van der Waals surface area (Å²) in [5.41, 5.74) is 0.387. The number of carbonyl (C=O) groups is 3. The number of carbonyl (C=O) groups excluding carboxylic acids is 3. The average Bonchev–Trinajstić information content (AvgIpc) is 3.84. The lowest BCUT2D eigenvalue weighted by molar-refractivity contribution is -0.125. The van der Waals surface area contributed by atoms with Crippen molar-refractivity contribution in [3.63, 3.8) is 0 Å². The topological polar surface area (TPSA) is 109 Å². The molecule has 13 heteroatoms. The number of thiophene rings is 1. The molecule has 2 saturated carbocycles. The summed E-state index contributed by atoms with van der Waals surface area (Å²) in [6.07, 6.45) is 4.32. The Morgan fingerprint density at radius 2 is 1.90 bits per heavy atom. The fourth-order valence-electron chi connectivity index (χ4n) is 4.73. The second-order valence-corrected chi connectivity index (χ2v) is 11.6. The Hall–Kier alpha value is -2.80.